The van der Waals surface area contributed by atoms with E-state index in [0.717, 1.165) is 16.8 Å². The smallest absolute Gasteiger partial charge is 0.255 e. The van der Waals surface area contributed by atoms with E-state index in [0.29, 0.717) is 5.56 Å². The number of benzene rings is 2. The van der Waals surface area contributed by atoms with Crippen LogP contribution in [0.15, 0.2) is 47.4 Å². The SMILES string of the molecule is CNS(=O)(=O)c1ccc(C(=O)Nc2ccc(C)cc2C)cc1. The van der Waals surface area contributed by atoms with Crippen molar-refractivity contribution in [2.75, 3.05) is 12.4 Å². The van der Waals surface area contributed by atoms with Gasteiger partial charge in [0.2, 0.25) is 10.0 Å². The van der Waals surface area contributed by atoms with Crippen molar-refractivity contribution >= 4 is 21.6 Å². The van der Waals surface area contributed by atoms with Gasteiger partial charge in [0.1, 0.15) is 0 Å². The van der Waals surface area contributed by atoms with Gasteiger partial charge in [-0.3, -0.25) is 4.79 Å². The third-order valence-corrected chi connectivity index (χ3v) is 4.76. The Bertz CT molecular complexity index is 797. The average Bonchev–Trinajstić information content (AvgIpc) is 2.50. The van der Waals surface area contributed by atoms with Gasteiger partial charge in [0.05, 0.1) is 4.90 Å². The Labute approximate surface area is 130 Å². The van der Waals surface area contributed by atoms with E-state index in [4.69, 9.17) is 0 Å². The number of aryl methyl sites for hydroxylation is 2. The highest BCUT2D eigenvalue weighted by molar-refractivity contribution is 7.89. The largest absolute Gasteiger partial charge is 0.322 e. The molecule has 0 aliphatic heterocycles. The number of rotatable bonds is 4. The lowest BCUT2D eigenvalue weighted by Crippen LogP contribution is -2.19. The first-order chi connectivity index (χ1) is 10.3. The number of carbonyl (C=O) groups is 1. The van der Waals surface area contributed by atoms with E-state index in [-0.39, 0.29) is 10.8 Å². The first kappa shape index (κ1) is 16.2. The van der Waals surface area contributed by atoms with Crippen LogP contribution in [0.3, 0.4) is 0 Å². The van der Waals surface area contributed by atoms with Crippen molar-refractivity contribution in [3.63, 3.8) is 0 Å². The lowest BCUT2D eigenvalue weighted by Gasteiger charge is -2.09. The first-order valence-corrected chi connectivity index (χ1v) is 8.24. The summed E-state index contributed by atoms with van der Waals surface area (Å²) >= 11 is 0. The first-order valence-electron chi connectivity index (χ1n) is 6.76. The highest BCUT2D eigenvalue weighted by Crippen LogP contribution is 2.18. The summed E-state index contributed by atoms with van der Waals surface area (Å²) in [5, 5.41) is 2.82. The molecule has 2 rings (SSSR count). The maximum absolute atomic E-state index is 12.2. The van der Waals surface area contributed by atoms with Crippen LogP contribution in [0.2, 0.25) is 0 Å². The minimum atomic E-state index is -3.49. The number of carbonyl (C=O) groups excluding carboxylic acids is 1. The molecule has 0 saturated heterocycles. The number of nitrogens with one attached hydrogen (secondary N) is 2. The van der Waals surface area contributed by atoms with Gasteiger partial charge in [0.25, 0.3) is 5.91 Å². The maximum Gasteiger partial charge on any atom is 0.255 e. The summed E-state index contributed by atoms with van der Waals surface area (Å²) in [6, 6.07) is 11.5. The van der Waals surface area contributed by atoms with Gasteiger partial charge in [0.15, 0.2) is 0 Å². The molecule has 0 spiro atoms. The van der Waals surface area contributed by atoms with Crippen molar-refractivity contribution in [3.8, 4) is 0 Å². The second-order valence-electron chi connectivity index (χ2n) is 5.00. The van der Waals surface area contributed by atoms with Crippen molar-refractivity contribution < 1.29 is 13.2 Å². The molecule has 0 bridgehead atoms. The number of hydrogen-bond donors (Lipinski definition) is 2. The van der Waals surface area contributed by atoms with Crippen molar-refractivity contribution in [3.05, 3.63) is 59.2 Å². The fourth-order valence-electron chi connectivity index (χ4n) is 2.05. The molecular weight excluding hydrogens is 300 g/mol. The van der Waals surface area contributed by atoms with Crippen LogP contribution in [0.4, 0.5) is 5.69 Å². The maximum atomic E-state index is 12.2. The molecule has 2 aromatic rings. The molecule has 22 heavy (non-hydrogen) atoms. The fraction of sp³-hybridized carbons (Fsp3) is 0.188. The molecule has 6 heteroatoms. The molecule has 0 aliphatic rings. The minimum Gasteiger partial charge on any atom is -0.322 e. The van der Waals surface area contributed by atoms with Crippen LogP contribution in [0.25, 0.3) is 0 Å². The van der Waals surface area contributed by atoms with E-state index < -0.39 is 10.0 Å². The van der Waals surface area contributed by atoms with Crippen molar-refractivity contribution in [1.82, 2.24) is 4.72 Å². The second-order valence-corrected chi connectivity index (χ2v) is 6.89. The van der Waals surface area contributed by atoms with Gasteiger partial charge in [0, 0.05) is 11.3 Å². The van der Waals surface area contributed by atoms with Crippen molar-refractivity contribution in [1.29, 1.82) is 0 Å². The van der Waals surface area contributed by atoms with Gasteiger partial charge < -0.3 is 5.32 Å². The van der Waals surface area contributed by atoms with Crippen LogP contribution < -0.4 is 10.0 Å². The molecule has 5 nitrogen and oxygen atoms in total. The monoisotopic (exact) mass is 318 g/mol. The van der Waals surface area contributed by atoms with Gasteiger partial charge in [-0.05, 0) is 56.8 Å². The molecule has 0 saturated carbocycles. The number of hydrogen-bond acceptors (Lipinski definition) is 3. The highest BCUT2D eigenvalue weighted by Gasteiger charge is 2.13. The van der Waals surface area contributed by atoms with Crippen LogP contribution in [0, 0.1) is 13.8 Å². The summed E-state index contributed by atoms with van der Waals surface area (Å²) in [5.74, 6) is -0.277. The number of amides is 1. The van der Waals surface area contributed by atoms with Gasteiger partial charge in [-0.15, -0.1) is 0 Å². The third kappa shape index (κ3) is 3.52. The molecule has 0 aliphatic carbocycles. The summed E-state index contributed by atoms with van der Waals surface area (Å²) in [4.78, 5) is 12.3. The average molecular weight is 318 g/mol. The summed E-state index contributed by atoms with van der Waals surface area (Å²) in [7, 11) is -2.15. The van der Waals surface area contributed by atoms with E-state index in [1.807, 2.05) is 32.0 Å². The van der Waals surface area contributed by atoms with E-state index in [1.54, 1.807) is 0 Å². The zero-order chi connectivity index (χ0) is 16.3. The molecule has 1 amide bonds. The lowest BCUT2D eigenvalue weighted by molar-refractivity contribution is 0.102. The summed E-state index contributed by atoms with van der Waals surface area (Å²) in [6.07, 6.45) is 0. The molecule has 0 aromatic heterocycles. The molecule has 0 heterocycles. The lowest BCUT2D eigenvalue weighted by atomic mass is 10.1. The minimum absolute atomic E-state index is 0.123. The van der Waals surface area contributed by atoms with Crippen LogP contribution >= 0.6 is 0 Å². The van der Waals surface area contributed by atoms with Crippen molar-refractivity contribution in [2.45, 2.75) is 18.7 Å². The summed E-state index contributed by atoms with van der Waals surface area (Å²) in [6.45, 7) is 3.91. The van der Waals surface area contributed by atoms with Crippen LogP contribution in [0.1, 0.15) is 21.5 Å². The molecule has 2 N–H and O–H groups in total. The molecule has 2 aromatic carbocycles. The Morgan fingerprint density at radius 1 is 1.00 bits per heavy atom. The van der Waals surface area contributed by atoms with Crippen LogP contribution in [-0.4, -0.2) is 21.4 Å². The Morgan fingerprint density at radius 3 is 2.18 bits per heavy atom. The van der Waals surface area contributed by atoms with Gasteiger partial charge in [-0.25, -0.2) is 13.1 Å². The Hall–Kier alpha value is -2.18. The van der Waals surface area contributed by atoms with Gasteiger partial charge >= 0.3 is 0 Å². The molecular formula is C16H18N2O3S. The van der Waals surface area contributed by atoms with E-state index >= 15 is 0 Å². The predicted molar refractivity (Wildman–Crippen MR) is 86.6 cm³/mol. The quantitative estimate of drug-likeness (QED) is 0.909. The summed E-state index contributed by atoms with van der Waals surface area (Å²) < 4.78 is 25.5. The second kappa shape index (κ2) is 6.29. The molecule has 0 unspecified atom stereocenters. The van der Waals surface area contributed by atoms with Gasteiger partial charge in [-0.2, -0.15) is 0 Å². The van der Waals surface area contributed by atoms with E-state index in [9.17, 15) is 13.2 Å². The molecule has 0 fully saturated rings. The zero-order valence-corrected chi connectivity index (χ0v) is 13.5. The van der Waals surface area contributed by atoms with Crippen LogP contribution in [-0.2, 0) is 10.0 Å². The molecule has 0 atom stereocenters. The normalized spacial score (nSPS) is 11.2. The number of anilines is 1. The molecule has 0 radical (unpaired) electrons. The Balaban J connectivity index is 2.20. The highest BCUT2D eigenvalue weighted by atomic mass is 32.2. The number of sulfonamides is 1. The Kier molecular flexibility index (Phi) is 4.63. The summed E-state index contributed by atoms with van der Waals surface area (Å²) in [5.41, 5.74) is 3.23. The molecule has 116 valence electrons. The zero-order valence-electron chi connectivity index (χ0n) is 12.7. The fourth-order valence-corrected chi connectivity index (χ4v) is 2.78. The van der Waals surface area contributed by atoms with Crippen molar-refractivity contribution in [2.24, 2.45) is 0 Å². The van der Waals surface area contributed by atoms with E-state index in [2.05, 4.69) is 10.0 Å². The third-order valence-electron chi connectivity index (χ3n) is 3.33. The Morgan fingerprint density at radius 2 is 1.64 bits per heavy atom. The van der Waals surface area contributed by atoms with Crippen LogP contribution in [0.5, 0.6) is 0 Å². The van der Waals surface area contributed by atoms with Gasteiger partial charge in [-0.1, -0.05) is 17.7 Å². The standard InChI is InChI=1S/C16H18N2O3S/c1-11-4-9-15(12(2)10-11)18-16(19)13-5-7-14(8-6-13)22(20,21)17-3/h4-10,17H,1-3H3,(H,18,19). The topological polar surface area (TPSA) is 75.3 Å². The predicted octanol–water partition coefficient (Wildman–Crippen LogP) is 2.46. The van der Waals surface area contributed by atoms with E-state index in [1.165, 1.54) is 31.3 Å².